The van der Waals surface area contributed by atoms with Gasteiger partial charge in [0.05, 0.1) is 23.1 Å². The molecule has 0 unspecified atom stereocenters. The third-order valence-electron chi connectivity index (χ3n) is 4.17. The predicted molar refractivity (Wildman–Crippen MR) is 109 cm³/mol. The first kappa shape index (κ1) is 19.6. The molecule has 0 radical (unpaired) electrons. The van der Waals surface area contributed by atoms with E-state index in [0.29, 0.717) is 24.3 Å². The third kappa shape index (κ3) is 4.59. The number of carbonyl (C=O) groups is 1. The maximum atomic E-state index is 12.7. The zero-order chi connectivity index (χ0) is 19.9. The Bertz CT molecular complexity index is 1010. The maximum Gasteiger partial charge on any atom is 0.255 e. The van der Waals surface area contributed by atoms with Gasteiger partial charge in [0, 0.05) is 11.0 Å². The second-order valence-corrected chi connectivity index (χ2v) is 6.94. The number of aromatic nitrogens is 2. The smallest absolute Gasteiger partial charge is 0.255 e. The molecule has 3 aromatic rings. The maximum absolute atomic E-state index is 12.7. The summed E-state index contributed by atoms with van der Waals surface area (Å²) in [5, 5.41) is 15.9. The van der Waals surface area contributed by atoms with Gasteiger partial charge < -0.3 is 10.1 Å². The quantitative estimate of drug-likeness (QED) is 0.603. The lowest BCUT2D eigenvalue weighted by Gasteiger charge is -2.09. The van der Waals surface area contributed by atoms with Crippen molar-refractivity contribution in [2.45, 2.75) is 19.9 Å². The van der Waals surface area contributed by atoms with E-state index in [1.165, 1.54) is 0 Å². The van der Waals surface area contributed by atoms with Crippen molar-refractivity contribution in [3.8, 4) is 17.5 Å². The molecular weight excluding hydrogens is 420 g/mol. The molecule has 1 N–H and O–H groups in total. The lowest BCUT2D eigenvalue weighted by Crippen LogP contribution is -2.23. The van der Waals surface area contributed by atoms with Crippen molar-refractivity contribution < 1.29 is 9.53 Å². The molecule has 0 spiro atoms. The number of hydrogen-bond acceptors (Lipinski definition) is 4. The Morgan fingerprint density at radius 2 is 2.07 bits per heavy atom. The summed E-state index contributed by atoms with van der Waals surface area (Å²) in [5.41, 5.74) is 3.21. The molecule has 0 saturated heterocycles. The van der Waals surface area contributed by atoms with E-state index in [2.05, 4.69) is 26.3 Å². The summed E-state index contributed by atoms with van der Waals surface area (Å²) in [6.45, 7) is 2.35. The van der Waals surface area contributed by atoms with Crippen molar-refractivity contribution >= 4 is 21.8 Å². The summed E-state index contributed by atoms with van der Waals surface area (Å²) in [5.74, 6) is 0.425. The Balaban J connectivity index is 1.73. The molecule has 3 rings (SSSR count). The van der Waals surface area contributed by atoms with E-state index < -0.39 is 0 Å². The number of nitrogens with one attached hydrogen (secondary N) is 1. The van der Waals surface area contributed by atoms with Gasteiger partial charge in [-0.2, -0.15) is 10.4 Å². The Hall–Kier alpha value is -3.11. The second-order valence-electron chi connectivity index (χ2n) is 6.02. The van der Waals surface area contributed by atoms with Crippen molar-refractivity contribution in [2.75, 3.05) is 6.61 Å². The van der Waals surface area contributed by atoms with Gasteiger partial charge in [0.25, 0.3) is 5.91 Å². The highest BCUT2D eigenvalue weighted by Gasteiger charge is 2.17. The van der Waals surface area contributed by atoms with Gasteiger partial charge in [-0.15, -0.1) is 0 Å². The lowest BCUT2D eigenvalue weighted by molar-refractivity contribution is 0.0950. The number of ether oxygens (including phenoxy) is 1. The van der Waals surface area contributed by atoms with Crippen LogP contribution in [0.4, 0.5) is 0 Å². The van der Waals surface area contributed by atoms with Crippen LogP contribution < -0.4 is 10.1 Å². The molecule has 1 aromatic heterocycles. The monoisotopic (exact) mass is 438 g/mol. The van der Waals surface area contributed by atoms with E-state index in [-0.39, 0.29) is 12.5 Å². The summed E-state index contributed by atoms with van der Waals surface area (Å²) in [6.07, 6.45) is 2.28. The molecule has 142 valence electrons. The molecule has 0 bridgehead atoms. The third-order valence-corrected chi connectivity index (χ3v) is 4.70. The largest absolute Gasteiger partial charge is 0.479 e. The van der Waals surface area contributed by atoms with E-state index >= 15 is 0 Å². The van der Waals surface area contributed by atoms with E-state index in [9.17, 15) is 4.79 Å². The Morgan fingerprint density at radius 1 is 1.29 bits per heavy atom. The van der Waals surface area contributed by atoms with Crippen molar-refractivity contribution in [3.05, 3.63) is 76.0 Å². The van der Waals surface area contributed by atoms with Crippen LogP contribution in [0.3, 0.4) is 0 Å². The molecular formula is C21H19BrN4O2. The summed E-state index contributed by atoms with van der Waals surface area (Å²) >= 11 is 3.43. The van der Waals surface area contributed by atoms with Crippen LogP contribution in [-0.4, -0.2) is 22.3 Å². The highest BCUT2D eigenvalue weighted by Crippen LogP contribution is 2.19. The van der Waals surface area contributed by atoms with E-state index in [4.69, 9.17) is 10.00 Å². The van der Waals surface area contributed by atoms with Crippen LogP contribution in [0.2, 0.25) is 0 Å². The highest BCUT2D eigenvalue weighted by atomic mass is 79.9. The van der Waals surface area contributed by atoms with E-state index in [1.807, 2.05) is 55.5 Å². The summed E-state index contributed by atoms with van der Waals surface area (Å²) in [4.78, 5) is 12.7. The van der Waals surface area contributed by atoms with Gasteiger partial charge in [0.1, 0.15) is 11.8 Å². The van der Waals surface area contributed by atoms with Crippen LogP contribution >= 0.6 is 15.9 Å². The van der Waals surface area contributed by atoms with Gasteiger partial charge in [0.2, 0.25) is 0 Å². The molecule has 6 nitrogen and oxygen atoms in total. The number of benzene rings is 2. The lowest BCUT2D eigenvalue weighted by atomic mass is 10.1. The first-order chi connectivity index (χ1) is 13.6. The van der Waals surface area contributed by atoms with Gasteiger partial charge >= 0.3 is 0 Å². The Kier molecular flexibility index (Phi) is 6.45. The fourth-order valence-corrected chi connectivity index (χ4v) is 3.11. The minimum absolute atomic E-state index is 0.00901. The normalized spacial score (nSPS) is 10.3. The van der Waals surface area contributed by atoms with Gasteiger partial charge in [0.15, 0.2) is 6.61 Å². The summed E-state index contributed by atoms with van der Waals surface area (Å²) in [7, 11) is 0. The van der Waals surface area contributed by atoms with E-state index in [1.54, 1.807) is 16.9 Å². The van der Waals surface area contributed by atoms with Crippen LogP contribution in [0.5, 0.6) is 5.75 Å². The molecule has 1 amide bonds. The number of halogens is 1. The molecule has 28 heavy (non-hydrogen) atoms. The number of nitriles is 1. The first-order valence-corrected chi connectivity index (χ1v) is 9.61. The zero-order valence-corrected chi connectivity index (χ0v) is 16.9. The van der Waals surface area contributed by atoms with Crippen molar-refractivity contribution in [1.29, 1.82) is 5.26 Å². The summed E-state index contributed by atoms with van der Waals surface area (Å²) in [6, 6.07) is 17.0. The van der Waals surface area contributed by atoms with E-state index in [0.717, 1.165) is 21.4 Å². The number of nitrogens with zero attached hydrogens (tertiary/aromatic N) is 3. The van der Waals surface area contributed by atoms with Gasteiger partial charge in [-0.05, 0) is 48.4 Å². The highest BCUT2D eigenvalue weighted by molar-refractivity contribution is 9.10. The van der Waals surface area contributed by atoms with Crippen molar-refractivity contribution in [3.63, 3.8) is 0 Å². The van der Waals surface area contributed by atoms with Crippen LogP contribution in [0, 0.1) is 11.3 Å². The van der Waals surface area contributed by atoms with Crippen molar-refractivity contribution in [2.24, 2.45) is 0 Å². The number of amides is 1. The predicted octanol–water partition coefficient (Wildman–Crippen LogP) is 4.03. The molecule has 0 aliphatic carbocycles. The Labute approximate surface area is 171 Å². The molecule has 1 heterocycles. The van der Waals surface area contributed by atoms with Gasteiger partial charge in [-0.3, -0.25) is 4.79 Å². The first-order valence-electron chi connectivity index (χ1n) is 8.82. The minimum atomic E-state index is -0.177. The zero-order valence-electron chi connectivity index (χ0n) is 15.4. The molecule has 0 fully saturated rings. The molecule has 7 heteroatoms. The molecule has 0 atom stereocenters. The average molecular weight is 439 g/mol. The van der Waals surface area contributed by atoms with Gasteiger partial charge in [-0.1, -0.05) is 35.0 Å². The van der Waals surface area contributed by atoms with Crippen LogP contribution in [0.1, 0.15) is 28.5 Å². The number of rotatable bonds is 7. The van der Waals surface area contributed by atoms with Crippen LogP contribution in [0.15, 0.2) is 59.2 Å². The fraction of sp³-hybridized carbons (Fsp3) is 0.190. The SMILES string of the molecule is CCc1c(C(=O)NCc2cccc(OCC#N)c2)cnn1-c1ccc(Br)cc1. The van der Waals surface area contributed by atoms with Crippen LogP contribution in [-0.2, 0) is 13.0 Å². The minimum Gasteiger partial charge on any atom is -0.479 e. The summed E-state index contributed by atoms with van der Waals surface area (Å²) < 4.78 is 8.07. The molecule has 2 aromatic carbocycles. The Morgan fingerprint density at radius 3 is 2.79 bits per heavy atom. The van der Waals surface area contributed by atoms with Crippen LogP contribution in [0.25, 0.3) is 5.69 Å². The molecule has 0 aliphatic rings. The number of hydrogen-bond donors (Lipinski definition) is 1. The number of carbonyl (C=O) groups excluding carboxylic acids is 1. The van der Waals surface area contributed by atoms with Crippen molar-refractivity contribution in [1.82, 2.24) is 15.1 Å². The standard InChI is InChI=1S/C21H19BrN4O2/c1-2-20-19(14-25-26(20)17-8-6-16(22)7-9-17)21(27)24-13-15-4-3-5-18(12-15)28-11-10-23/h3-9,12,14H,2,11,13H2,1H3,(H,24,27). The molecule has 0 aliphatic heterocycles. The average Bonchev–Trinajstić information content (AvgIpc) is 3.15. The second kappa shape index (κ2) is 9.20. The topological polar surface area (TPSA) is 79.9 Å². The van der Waals surface area contributed by atoms with Gasteiger partial charge in [-0.25, -0.2) is 4.68 Å². The molecule has 0 saturated carbocycles. The fourth-order valence-electron chi connectivity index (χ4n) is 2.85.